The van der Waals surface area contributed by atoms with Gasteiger partial charge in [-0.25, -0.2) is 8.42 Å². The SMILES string of the molecule is O=S(=O)(Cl)CC1(COC2CCCC2)CCCC1. The third-order valence-corrected chi connectivity index (χ3v) is 5.35. The summed E-state index contributed by atoms with van der Waals surface area (Å²) in [6.45, 7) is 0.573. The van der Waals surface area contributed by atoms with Crippen LogP contribution >= 0.6 is 10.7 Å². The zero-order valence-corrected chi connectivity index (χ0v) is 11.7. The zero-order chi connectivity index (χ0) is 12.4. The normalized spacial score (nSPS) is 25.5. The van der Waals surface area contributed by atoms with Crippen molar-refractivity contribution < 1.29 is 13.2 Å². The predicted octanol–water partition coefficient (Wildman–Crippen LogP) is 3.07. The van der Waals surface area contributed by atoms with E-state index in [0.717, 1.165) is 38.5 Å². The van der Waals surface area contributed by atoms with Gasteiger partial charge in [-0.2, -0.15) is 0 Å². The van der Waals surface area contributed by atoms with Crippen molar-refractivity contribution in [1.29, 1.82) is 0 Å². The second-order valence-electron chi connectivity index (χ2n) is 5.61. The summed E-state index contributed by atoms with van der Waals surface area (Å²) in [6.07, 6.45) is 9.16. The fourth-order valence-corrected chi connectivity index (χ4v) is 4.97. The van der Waals surface area contributed by atoms with E-state index >= 15 is 0 Å². The van der Waals surface area contributed by atoms with Gasteiger partial charge in [-0.05, 0) is 25.7 Å². The molecule has 2 aliphatic rings. The summed E-state index contributed by atoms with van der Waals surface area (Å²) in [5.41, 5.74) is -0.205. The second-order valence-corrected chi connectivity index (χ2v) is 8.38. The Morgan fingerprint density at radius 1 is 1.12 bits per heavy atom. The van der Waals surface area contributed by atoms with Gasteiger partial charge in [0.1, 0.15) is 0 Å². The molecule has 0 amide bonds. The molecule has 17 heavy (non-hydrogen) atoms. The van der Waals surface area contributed by atoms with Crippen LogP contribution in [0, 0.1) is 5.41 Å². The number of rotatable bonds is 5. The van der Waals surface area contributed by atoms with Crippen LogP contribution in [-0.4, -0.2) is 26.9 Å². The van der Waals surface area contributed by atoms with Crippen molar-refractivity contribution in [1.82, 2.24) is 0 Å². The van der Waals surface area contributed by atoms with E-state index in [9.17, 15) is 8.42 Å². The van der Waals surface area contributed by atoms with Gasteiger partial charge in [0, 0.05) is 16.1 Å². The van der Waals surface area contributed by atoms with Crippen LogP contribution in [0.1, 0.15) is 51.4 Å². The van der Waals surface area contributed by atoms with Crippen LogP contribution in [0.15, 0.2) is 0 Å². The standard InChI is InChI=1S/C12H21ClO3S/c13-17(14,15)10-12(7-3-4-8-12)9-16-11-5-1-2-6-11/h11H,1-10H2. The molecule has 100 valence electrons. The molecule has 0 aliphatic heterocycles. The minimum absolute atomic E-state index is 0.0777. The number of hydrogen-bond acceptors (Lipinski definition) is 3. The molecule has 0 heterocycles. The molecule has 0 aromatic rings. The Morgan fingerprint density at radius 2 is 1.71 bits per heavy atom. The van der Waals surface area contributed by atoms with E-state index in [2.05, 4.69) is 0 Å². The molecule has 2 fully saturated rings. The Labute approximate surface area is 108 Å². The number of halogens is 1. The monoisotopic (exact) mass is 280 g/mol. The molecule has 3 nitrogen and oxygen atoms in total. The molecule has 0 bridgehead atoms. The highest BCUT2D eigenvalue weighted by Crippen LogP contribution is 2.41. The lowest BCUT2D eigenvalue weighted by molar-refractivity contribution is 0.00384. The first-order valence-corrected chi connectivity index (χ1v) is 9.01. The molecule has 0 atom stereocenters. The smallest absolute Gasteiger partial charge is 0.233 e. The lowest BCUT2D eigenvalue weighted by Crippen LogP contribution is -2.32. The third kappa shape index (κ3) is 4.11. The van der Waals surface area contributed by atoms with Crippen LogP contribution < -0.4 is 0 Å². The quantitative estimate of drug-likeness (QED) is 0.727. The van der Waals surface area contributed by atoms with Gasteiger partial charge >= 0.3 is 0 Å². The van der Waals surface area contributed by atoms with Gasteiger partial charge in [-0.1, -0.05) is 25.7 Å². The molecule has 0 aromatic heterocycles. The van der Waals surface area contributed by atoms with Crippen LogP contribution in [0.25, 0.3) is 0 Å². The maximum absolute atomic E-state index is 11.3. The Kier molecular flexibility index (Phi) is 4.37. The molecule has 5 heteroatoms. The highest BCUT2D eigenvalue weighted by atomic mass is 35.7. The van der Waals surface area contributed by atoms with Crippen molar-refractivity contribution in [2.75, 3.05) is 12.4 Å². The molecule has 0 aromatic carbocycles. The lowest BCUT2D eigenvalue weighted by atomic mass is 9.90. The van der Waals surface area contributed by atoms with Gasteiger partial charge < -0.3 is 4.74 Å². The summed E-state index contributed by atoms with van der Waals surface area (Å²) in [5, 5.41) is 0. The summed E-state index contributed by atoms with van der Waals surface area (Å²) in [6, 6.07) is 0. The van der Waals surface area contributed by atoms with Crippen LogP contribution in [0.2, 0.25) is 0 Å². The van der Waals surface area contributed by atoms with Gasteiger partial charge in [0.2, 0.25) is 9.05 Å². The summed E-state index contributed by atoms with van der Waals surface area (Å²) < 4.78 is 28.5. The average molecular weight is 281 g/mol. The topological polar surface area (TPSA) is 43.4 Å². The highest BCUT2D eigenvalue weighted by molar-refractivity contribution is 8.13. The van der Waals surface area contributed by atoms with Crippen molar-refractivity contribution in [2.24, 2.45) is 5.41 Å². The summed E-state index contributed by atoms with van der Waals surface area (Å²) in [5.74, 6) is 0.0777. The van der Waals surface area contributed by atoms with E-state index in [1.165, 1.54) is 12.8 Å². The largest absolute Gasteiger partial charge is 0.378 e. The molecule has 0 spiro atoms. The second kappa shape index (κ2) is 5.45. The Morgan fingerprint density at radius 3 is 2.24 bits per heavy atom. The maximum Gasteiger partial charge on any atom is 0.233 e. The number of ether oxygens (including phenoxy) is 1. The summed E-state index contributed by atoms with van der Waals surface area (Å²) in [7, 11) is 2.00. The van der Waals surface area contributed by atoms with E-state index in [1.54, 1.807) is 0 Å². The van der Waals surface area contributed by atoms with E-state index < -0.39 is 9.05 Å². The third-order valence-electron chi connectivity index (χ3n) is 4.07. The van der Waals surface area contributed by atoms with Crippen molar-refractivity contribution in [3.8, 4) is 0 Å². The Hall–Kier alpha value is 0.200. The minimum atomic E-state index is -3.42. The molecule has 2 saturated carbocycles. The lowest BCUT2D eigenvalue weighted by Gasteiger charge is -2.28. The fraction of sp³-hybridized carbons (Fsp3) is 1.00. The highest BCUT2D eigenvalue weighted by Gasteiger charge is 2.38. The van der Waals surface area contributed by atoms with Crippen molar-refractivity contribution >= 4 is 19.7 Å². The van der Waals surface area contributed by atoms with E-state index in [0.29, 0.717) is 12.7 Å². The predicted molar refractivity (Wildman–Crippen MR) is 68.7 cm³/mol. The van der Waals surface area contributed by atoms with Gasteiger partial charge in [-0.3, -0.25) is 0 Å². The van der Waals surface area contributed by atoms with Gasteiger partial charge in [-0.15, -0.1) is 0 Å². The van der Waals surface area contributed by atoms with Crippen molar-refractivity contribution in [3.63, 3.8) is 0 Å². The molecule has 0 radical (unpaired) electrons. The molecule has 0 unspecified atom stereocenters. The Bertz CT molecular complexity index is 341. The van der Waals surface area contributed by atoms with Crippen molar-refractivity contribution in [2.45, 2.75) is 57.5 Å². The first-order chi connectivity index (χ1) is 7.99. The first kappa shape index (κ1) is 13.6. The van der Waals surface area contributed by atoms with Gasteiger partial charge in [0.05, 0.1) is 18.5 Å². The van der Waals surface area contributed by atoms with E-state index in [1.807, 2.05) is 0 Å². The first-order valence-electron chi connectivity index (χ1n) is 6.53. The number of hydrogen-bond donors (Lipinski definition) is 0. The van der Waals surface area contributed by atoms with E-state index in [4.69, 9.17) is 15.4 Å². The van der Waals surface area contributed by atoms with Crippen LogP contribution in [0.3, 0.4) is 0 Å². The van der Waals surface area contributed by atoms with Crippen LogP contribution in [0.4, 0.5) is 0 Å². The van der Waals surface area contributed by atoms with Gasteiger partial charge in [0.25, 0.3) is 0 Å². The molecule has 0 N–H and O–H groups in total. The molecule has 2 aliphatic carbocycles. The van der Waals surface area contributed by atoms with Crippen molar-refractivity contribution in [3.05, 3.63) is 0 Å². The molecule has 2 rings (SSSR count). The maximum atomic E-state index is 11.3. The summed E-state index contributed by atoms with van der Waals surface area (Å²) >= 11 is 0. The Balaban J connectivity index is 1.91. The minimum Gasteiger partial charge on any atom is -0.378 e. The summed E-state index contributed by atoms with van der Waals surface area (Å²) in [4.78, 5) is 0. The average Bonchev–Trinajstić information content (AvgIpc) is 2.83. The van der Waals surface area contributed by atoms with Gasteiger partial charge in [0.15, 0.2) is 0 Å². The van der Waals surface area contributed by atoms with Crippen LogP contribution in [0.5, 0.6) is 0 Å². The van der Waals surface area contributed by atoms with E-state index in [-0.39, 0.29) is 11.2 Å². The molecular weight excluding hydrogens is 260 g/mol. The molecular formula is C12H21ClO3S. The van der Waals surface area contributed by atoms with Crippen LogP contribution in [-0.2, 0) is 13.8 Å². The fourth-order valence-electron chi connectivity index (χ4n) is 3.17. The molecule has 0 saturated heterocycles. The zero-order valence-electron chi connectivity index (χ0n) is 10.2.